The molecule has 104 valence electrons. The molecule has 0 saturated carbocycles. The molecule has 3 rings (SSSR count). The van der Waals surface area contributed by atoms with Crippen molar-refractivity contribution in [1.29, 1.82) is 0 Å². The summed E-state index contributed by atoms with van der Waals surface area (Å²) in [4.78, 5) is 8.66. The SMILES string of the molecule is Cc1ccc(-c2cc(Cl)nc(-c3cccc(F)c3)n2)cc1. The fourth-order valence-corrected chi connectivity index (χ4v) is 2.23. The minimum absolute atomic E-state index is 0.326. The normalized spacial score (nSPS) is 10.6. The van der Waals surface area contributed by atoms with Crippen molar-refractivity contribution in [3.8, 4) is 22.6 Å². The summed E-state index contributed by atoms with van der Waals surface area (Å²) in [7, 11) is 0. The Kier molecular flexibility index (Phi) is 3.67. The van der Waals surface area contributed by atoms with Gasteiger partial charge in [-0.25, -0.2) is 14.4 Å². The molecule has 0 bridgehead atoms. The molecule has 0 amide bonds. The molecule has 3 aromatic rings. The average molecular weight is 299 g/mol. The zero-order chi connectivity index (χ0) is 14.8. The van der Waals surface area contributed by atoms with Crippen LogP contribution in [0.5, 0.6) is 0 Å². The van der Waals surface area contributed by atoms with E-state index in [9.17, 15) is 4.39 Å². The first-order valence-electron chi connectivity index (χ1n) is 6.49. The maximum Gasteiger partial charge on any atom is 0.161 e. The van der Waals surface area contributed by atoms with Crippen molar-refractivity contribution < 1.29 is 4.39 Å². The van der Waals surface area contributed by atoms with Gasteiger partial charge in [0.2, 0.25) is 0 Å². The van der Waals surface area contributed by atoms with Crippen LogP contribution >= 0.6 is 11.6 Å². The summed E-state index contributed by atoms with van der Waals surface area (Å²) >= 11 is 6.08. The van der Waals surface area contributed by atoms with E-state index in [-0.39, 0.29) is 5.82 Å². The summed E-state index contributed by atoms with van der Waals surface area (Å²) in [5.74, 6) is 0.0885. The van der Waals surface area contributed by atoms with Crippen LogP contribution in [0, 0.1) is 12.7 Å². The van der Waals surface area contributed by atoms with E-state index in [4.69, 9.17) is 11.6 Å². The Morgan fingerprint density at radius 3 is 2.38 bits per heavy atom. The number of nitrogens with zero attached hydrogens (tertiary/aromatic N) is 2. The van der Waals surface area contributed by atoms with Crippen molar-refractivity contribution in [3.05, 3.63) is 71.1 Å². The molecule has 0 spiro atoms. The van der Waals surface area contributed by atoms with Crippen LogP contribution in [0.3, 0.4) is 0 Å². The lowest BCUT2D eigenvalue weighted by Gasteiger charge is -2.06. The summed E-state index contributed by atoms with van der Waals surface area (Å²) < 4.78 is 13.3. The number of benzene rings is 2. The molecule has 0 saturated heterocycles. The third-order valence-electron chi connectivity index (χ3n) is 3.13. The molecule has 2 nitrogen and oxygen atoms in total. The zero-order valence-electron chi connectivity index (χ0n) is 11.3. The Balaban J connectivity index is 2.10. The molecule has 0 aliphatic carbocycles. The van der Waals surface area contributed by atoms with Crippen LogP contribution in [0.15, 0.2) is 54.6 Å². The van der Waals surface area contributed by atoms with Gasteiger partial charge in [0.05, 0.1) is 5.69 Å². The summed E-state index contributed by atoms with van der Waals surface area (Å²) in [5, 5.41) is 0.333. The van der Waals surface area contributed by atoms with Gasteiger partial charge in [-0.1, -0.05) is 53.6 Å². The Bertz CT molecular complexity index is 785. The molecule has 0 N–H and O–H groups in total. The van der Waals surface area contributed by atoms with Crippen LogP contribution in [0.4, 0.5) is 4.39 Å². The van der Waals surface area contributed by atoms with Crippen molar-refractivity contribution >= 4 is 11.6 Å². The Morgan fingerprint density at radius 1 is 0.905 bits per heavy atom. The Labute approximate surface area is 127 Å². The lowest BCUT2D eigenvalue weighted by molar-refractivity contribution is 0.628. The van der Waals surface area contributed by atoms with E-state index in [1.807, 2.05) is 31.2 Å². The van der Waals surface area contributed by atoms with Gasteiger partial charge in [-0.05, 0) is 19.1 Å². The van der Waals surface area contributed by atoms with Crippen molar-refractivity contribution in [3.63, 3.8) is 0 Å². The van der Waals surface area contributed by atoms with E-state index in [2.05, 4.69) is 9.97 Å². The van der Waals surface area contributed by atoms with E-state index >= 15 is 0 Å². The largest absolute Gasteiger partial charge is 0.228 e. The van der Waals surface area contributed by atoms with Crippen LogP contribution in [0.1, 0.15) is 5.56 Å². The average Bonchev–Trinajstić information content (AvgIpc) is 2.47. The van der Waals surface area contributed by atoms with Crippen LogP contribution < -0.4 is 0 Å². The number of hydrogen-bond acceptors (Lipinski definition) is 2. The maximum absolute atomic E-state index is 13.3. The van der Waals surface area contributed by atoms with E-state index in [1.165, 1.54) is 17.7 Å². The number of hydrogen-bond donors (Lipinski definition) is 0. The van der Waals surface area contributed by atoms with Gasteiger partial charge in [-0.2, -0.15) is 0 Å². The van der Waals surface area contributed by atoms with Gasteiger partial charge in [-0.15, -0.1) is 0 Å². The van der Waals surface area contributed by atoms with E-state index in [0.717, 1.165) is 5.56 Å². The number of halogens is 2. The fourth-order valence-electron chi connectivity index (χ4n) is 2.05. The smallest absolute Gasteiger partial charge is 0.161 e. The summed E-state index contributed by atoms with van der Waals surface area (Å²) in [6, 6.07) is 15.8. The summed E-state index contributed by atoms with van der Waals surface area (Å²) in [5.41, 5.74) is 3.44. The summed E-state index contributed by atoms with van der Waals surface area (Å²) in [6.45, 7) is 2.02. The molecule has 21 heavy (non-hydrogen) atoms. The highest BCUT2D eigenvalue weighted by atomic mass is 35.5. The molecular formula is C17H12ClFN2. The van der Waals surface area contributed by atoms with Gasteiger partial charge in [0.25, 0.3) is 0 Å². The van der Waals surface area contributed by atoms with E-state index in [1.54, 1.807) is 18.2 Å². The van der Waals surface area contributed by atoms with Gasteiger partial charge in [0.15, 0.2) is 5.82 Å². The predicted molar refractivity (Wildman–Crippen MR) is 82.6 cm³/mol. The highest BCUT2D eigenvalue weighted by Crippen LogP contribution is 2.24. The molecule has 0 fully saturated rings. The molecule has 4 heteroatoms. The summed E-state index contributed by atoms with van der Waals surface area (Å²) in [6.07, 6.45) is 0. The minimum atomic E-state index is -0.326. The second-order valence-corrected chi connectivity index (χ2v) is 5.16. The number of rotatable bonds is 2. The first kappa shape index (κ1) is 13.7. The molecule has 0 aliphatic heterocycles. The lowest BCUT2D eigenvalue weighted by atomic mass is 10.1. The molecule has 2 aromatic carbocycles. The lowest BCUT2D eigenvalue weighted by Crippen LogP contribution is -1.93. The molecule has 1 heterocycles. The van der Waals surface area contributed by atoms with Crippen LogP contribution in [0.2, 0.25) is 5.15 Å². The van der Waals surface area contributed by atoms with Gasteiger partial charge in [0.1, 0.15) is 11.0 Å². The Morgan fingerprint density at radius 2 is 1.67 bits per heavy atom. The highest BCUT2D eigenvalue weighted by molar-refractivity contribution is 6.29. The monoisotopic (exact) mass is 298 g/mol. The number of aromatic nitrogens is 2. The molecule has 0 atom stereocenters. The van der Waals surface area contributed by atoms with Gasteiger partial charge in [-0.3, -0.25) is 0 Å². The topological polar surface area (TPSA) is 25.8 Å². The van der Waals surface area contributed by atoms with E-state index in [0.29, 0.717) is 22.2 Å². The van der Waals surface area contributed by atoms with Crippen molar-refractivity contribution in [2.75, 3.05) is 0 Å². The zero-order valence-corrected chi connectivity index (χ0v) is 12.1. The number of aryl methyl sites for hydroxylation is 1. The van der Waals surface area contributed by atoms with Crippen molar-refractivity contribution in [2.45, 2.75) is 6.92 Å². The van der Waals surface area contributed by atoms with Crippen LogP contribution in [-0.2, 0) is 0 Å². The molecule has 0 aliphatic rings. The third kappa shape index (κ3) is 3.09. The van der Waals surface area contributed by atoms with Crippen molar-refractivity contribution in [2.24, 2.45) is 0 Å². The van der Waals surface area contributed by atoms with Gasteiger partial charge < -0.3 is 0 Å². The first-order valence-corrected chi connectivity index (χ1v) is 6.87. The van der Waals surface area contributed by atoms with E-state index < -0.39 is 0 Å². The fraction of sp³-hybridized carbons (Fsp3) is 0.0588. The van der Waals surface area contributed by atoms with Crippen LogP contribution in [0.25, 0.3) is 22.6 Å². The van der Waals surface area contributed by atoms with Crippen LogP contribution in [-0.4, -0.2) is 9.97 Å². The standard InChI is InChI=1S/C17H12ClFN2/c1-11-5-7-12(8-6-11)15-10-16(18)21-17(20-15)13-3-2-4-14(19)9-13/h2-10H,1H3. The second-order valence-electron chi connectivity index (χ2n) is 4.78. The Hall–Kier alpha value is -2.26. The molecular weight excluding hydrogens is 287 g/mol. The molecule has 1 aromatic heterocycles. The maximum atomic E-state index is 13.3. The highest BCUT2D eigenvalue weighted by Gasteiger charge is 2.08. The van der Waals surface area contributed by atoms with Crippen molar-refractivity contribution in [1.82, 2.24) is 9.97 Å². The molecule has 0 unspecified atom stereocenters. The van der Waals surface area contributed by atoms with Gasteiger partial charge in [0, 0.05) is 17.2 Å². The second kappa shape index (κ2) is 5.62. The third-order valence-corrected chi connectivity index (χ3v) is 3.32. The molecule has 0 radical (unpaired) electrons. The minimum Gasteiger partial charge on any atom is -0.228 e. The predicted octanol–water partition coefficient (Wildman–Crippen LogP) is 4.91. The first-order chi connectivity index (χ1) is 10.1. The quantitative estimate of drug-likeness (QED) is 0.628. The van der Waals surface area contributed by atoms with Gasteiger partial charge >= 0.3 is 0 Å².